The van der Waals surface area contributed by atoms with Gasteiger partial charge in [-0.25, -0.2) is 9.37 Å². The molecule has 1 aromatic heterocycles. The summed E-state index contributed by atoms with van der Waals surface area (Å²) in [7, 11) is 0. The summed E-state index contributed by atoms with van der Waals surface area (Å²) in [4.78, 5) is 16.0. The molecule has 0 saturated carbocycles. The van der Waals surface area contributed by atoms with E-state index in [1.807, 2.05) is 18.2 Å². The number of carbonyl (C=O) groups excluding carboxylic acids is 1. The van der Waals surface area contributed by atoms with E-state index >= 15 is 0 Å². The van der Waals surface area contributed by atoms with Crippen molar-refractivity contribution in [2.24, 2.45) is 0 Å². The molecule has 0 saturated heterocycles. The number of rotatable bonds is 8. The monoisotopic (exact) mass is 400 g/mol. The van der Waals surface area contributed by atoms with Crippen LogP contribution in [0.1, 0.15) is 11.1 Å². The van der Waals surface area contributed by atoms with Gasteiger partial charge in [-0.15, -0.1) is 0 Å². The molecule has 3 aromatic rings. The van der Waals surface area contributed by atoms with Gasteiger partial charge < -0.3 is 14.8 Å². The molecule has 0 aliphatic rings. The molecule has 0 fully saturated rings. The van der Waals surface area contributed by atoms with E-state index in [0.29, 0.717) is 23.2 Å². The minimum absolute atomic E-state index is 0.0700. The molecule has 3 rings (SSSR count). The number of hydrogen-bond donors (Lipinski definition) is 1. The van der Waals surface area contributed by atoms with Gasteiger partial charge in [0.05, 0.1) is 6.61 Å². The maximum Gasteiger partial charge on any atom is 0.246 e. The quantitative estimate of drug-likeness (QED) is 0.604. The fourth-order valence-corrected chi connectivity index (χ4v) is 2.54. The molecule has 1 heterocycles. The summed E-state index contributed by atoms with van der Waals surface area (Å²) < 4.78 is 24.0. The third-order valence-corrected chi connectivity index (χ3v) is 4.12. The molecule has 0 bridgehead atoms. The summed E-state index contributed by atoms with van der Waals surface area (Å²) >= 11 is 6.04. The van der Waals surface area contributed by atoms with Crippen LogP contribution in [0.2, 0.25) is 5.02 Å². The lowest BCUT2D eigenvalue weighted by molar-refractivity contribution is -0.126. The zero-order valence-corrected chi connectivity index (χ0v) is 15.7. The van der Waals surface area contributed by atoms with E-state index in [-0.39, 0.29) is 24.9 Å². The van der Waals surface area contributed by atoms with Gasteiger partial charge in [0, 0.05) is 29.9 Å². The summed E-state index contributed by atoms with van der Waals surface area (Å²) in [5, 5.41) is 3.36. The Bertz CT molecular complexity index is 935. The Hall–Kier alpha value is -2.96. The highest BCUT2D eigenvalue weighted by Gasteiger charge is 2.05. The average Bonchev–Trinajstić information content (AvgIpc) is 2.69. The third kappa shape index (κ3) is 6.04. The van der Waals surface area contributed by atoms with E-state index < -0.39 is 0 Å². The van der Waals surface area contributed by atoms with Crippen molar-refractivity contribution in [2.75, 3.05) is 6.61 Å². The van der Waals surface area contributed by atoms with Gasteiger partial charge in [-0.05, 0) is 29.3 Å². The first-order chi connectivity index (χ1) is 13.6. The molecule has 5 nitrogen and oxygen atoms in total. The van der Waals surface area contributed by atoms with Gasteiger partial charge in [-0.2, -0.15) is 0 Å². The average molecular weight is 401 g/mol. The Balaban J connectivity index is 1.41. The topological polar surface area (TPSA) is 60.5 Å². The normalized spacial score (nSPS) is 10.5. The van der Waals surface area contributed by atoms with E-state index in [1.165, 1.54) is 12.1 Å². The van der Waals surface area contributed by atoms with Crippen molar-refractivity contribution in [1.82, 2.24) is 10.3 Å². The fourth-order valence-electron chi connectivity index (χ4n) is 2.35. The molecular weight excluding hydrogens is 383 g/mol. The Labute approximate surface area is 167 Å². The molecule has 0 spiro atoms. The first kappa shape index (κ1) is 19.8. The summed E-state index contributed by atoms with van der Waals surface area (Å²) in [5.74, 6) is 0.0775. The Kier molecular flexibility index (Phi) is 6.94. The Morgan fingerprint density at radius 3 is 2.71 bits per heavy atom. The second-order valence-electron chi connectivity index (χ2n) is 5.93. The number of nitrogens with one attached hydrogen (secondary N) is 1. The SMILES string of the molecule is O=C(COCc1ccccc1Cl)NCc1ccc(Oc2cccc(F)c2)nc1. The van der Waals surface area contributed by atoms with Gasteiger partial charge in [-0.3, -0.25) is 4.79 Å². The van der Waals surface area contributed by atoms with E-state index in [0.717, 1.165) is 11.1 Å². The van der Waals surface area contributed by atoms with E-state index in [4.69, 9.17) is 21.1 Å². The zero-order chi connectivity index (χ0) is 19.8. The highest BCUT2D eigenvalue weighted by molar-refractivity contribution is 6.31. The summed E-state index contributed by atoms with van der Waals surface area (Å²) in [6.45, 7) is 0.502. The van der Waals surface area contributed by atoms with Crippen molar-refractivity contribution in [3.8, 4) is 11.6 Å². The molecule has 7 heteroatoms. The van der Waals surface area contributed by atoms with Crippen molar-refractivity contribution >= 4 is 17.5 Å². The number of ether oxygens (including phenoxy) is 2. The largest absolute Gasteiger partial charge is 0.439 e. The maximum absolute atomic E-state index is 13.2. The van der Waals surface area contributed by atoms with Gasteiger partial charge >= 0.3 is 0 Å². The van der Waals surface area contributed by atoms with Gasteiger partial charge in [0.25, 0.3) is 0 Å². The summed E-state index contributed by atoms with van der Waals surface area (Å²) in [6, 6.07) is 16.5. The molecule has 0 atom stereocenters. The third-order valence-electron chi connectivity index (χ3n) is 3.75. The lowest BCUT2D eigenvalue weighted by Crippen LogP contribution is -2.27. The minimum Gasteiger partial charge on any atom is -0.439 e. The van der Waals surface area contributed by atoms with Crippen molar-refractivity contribution in [3.63, 3.8) is 0 Å². The number of carbonyl (C=O) groups is 1. The maximum atomic E-state index is 13.2. The fraction of sp³-hybridized carbons (Fsp3) is 0.143. The van der Waals surface area contributed by atoms with Crippen LogP contribution < -0.4 is 10.1 Å². The molecule has 28 heavy (non-hydrogen) atoms. The van der Waals surface area contributed by atoms with Crippen LogP contribution in [-0.2, 0) is 22.7 Å². The molecule has 0 aliphatic carbocycles. The predicted molar refractivity (Wildman–Crippen MR) is 104 cm³/mol. The minimum atomic E-state index is -0.381. The van der Waals surface area contributed by atoms with Crippen LogP contribution in [0.4, 0.5) is 4.39 Å². The zero-order valence-electron chi connectivity index (χ0n) is 14.9. The van der Waals surface area contributed by atoms with E-state index in [2.05, 4.69) is 10.3 Å². The standard InChI is InChI=1S/C21H18ClFN2O3/c22-19-7-2-1-4-16(19)13-27-14-20(26)24-11-15-8-9-21(25-12-15)28-18-6-3-5-17(23)10-18/h1-10,12H,11,13-14H2,(H,24,26). The van der Waals surface area contributed by atoms with Crippen molar-refractivity contribution in [1.29, 1.82) is 0 Å². The lowest BCUT2D eigenvalue weighted by atomic mass is 10.2. The molecule has 0 unspecified atom stereocenters. The number of halogens is 2. The summed E-state index contributed by atoms with van der Waals surface area (Å²) in [6.07, 6.45) is 1.58. The lowest BCUT2D eigenvalue weighted by Gasteiger charge is -2.08. The first-order valence-corrected chi connectivity index (χ1v) is 8.94. The van der Waals surface area contributed by atoms with Crippen LogP contribution in [0.5, 0.6) is 11.6 Å². The van der Waals surface area contributed by atoms with Crippen molar-refractivity contribution < 1.29 is 18.7 Å². The van der Waals surface area contributed by atoms with Crippen LogP contribution in [-0.4, -0.2) is 17.5 Å². The number of aromatic nitrogens is 1. The van der Waals surface area contributed by atoms with E-state index in [9.17, 15) is 9.18 Å². The second kappa shape index (κ2) is 9.82. The predicted octanol–water partition coefficient (Wildman–Crippen LogP) is 4.50. The molecular formula is C21H18ClFN2O3. The molecule has 1 amide bonds. The van der Waals surface area contributed by atoms with Gasteiger partial charge in [0.1, 0.15) is 18.2 Å². The summed E-state index contributed by atoms with van der Waals surface area (Å²) in [5.41, 5.74) is 1.63. The van der Waals surface area contributed by atoms with Crippen LogP contribution in [0.3, 0.4) is 0 Å². The number of pyridine rings is 1. The first-order valence-electron chi connectivity index (χ1n) is 8.56. The molecule has 0 radical (unpaired) electrons. The molecule has 0 aliphatic heterocycles. The highest BCUT2D eigenvalue weighted by atomic mass is 35.5. The number of hydrogen-bond acceptors (Lipinski definition) is 4. The molecule has 144 valence electrons. The van der Waals surface area contributed by atoms with Gasteiger partial charge in [0.15, 0.2) is 0 Å². The Morgan fingerprint density at radius 2 is 1.96 bits per heavy atom. The number of benzene rings is 2. The van der Waals surface area contributed by atoms with Crippen LogP contribution >= 0.6 is 11.6 Å². The second-order valence-corrected chi connectivity index (χ2v) is 6.33. The smallest absolute Gasteiger partial charge is 0.246 e. The van der Waals surface area contributed by atoms with Gasteiger partial charge in [-0.1, -0.05) is 41.9 Å². The molecule has 1 N–H and O–H groups in total. The number of amides is 1. The van der Waals surface area contributed by atoms with Crippen LogP contribution in [0, 0.1) is 5.82 Å². The van der Waals surface area contributed by atoms with Crippen molar-refractivity contribution in [2.45, 2.75) is 13.2 Å². The van der Waals surface area contributed by atoms with Gasteiger partial charge in [0.2, 0.25) is 11.8 Å². The van der Waals surface area contributed by atoms with E-state index in [1.54, 1.807) is 36.5 Å². The van der Waals surface area contributed by atoms with Crippen LogP contribution in [0.15, 0.2) is 66.9 Å². The Morgan fingerprint density at radius 1 is 1.11 bits per heavy atom. The highest BCUT2D eigenvalue weighted by Crippen LogP contribution is 2.20. The van der Waals surface area contributed by atoms with Crippen LogP contribution in [0.25, 0.3) is 0 Å². The number of nitrogens with zero attached hydrogens (tertiary/aromatic N) is 1. The van der Waals surface area contributed by atoms with Crippen molar-refractivity contribution in [3.05, 3.63) is 88.8 Å². The molecule has 2 aromatic carbocycles.